The Labute approximate surface area is 183 Å². The molecule has 2 heterocycles. The van der Waals surface area contributed by atoms with Crippen LogP contribution >= 0.6 is 0 Å². The van der Waals surface area contributed by atoms with Crippen LogP contribution in [-0.4, -0.2) is 43.1 Å². The Balaban J connectivity index is 1.70. The molecule has 3 rings (SSSR count). The molecule has 0 spiro atoms. The van der Waals surface area contributed by atoms with Crippen molar-refractivity contribution in [1.82, 2.24) is 9.47 Å². The third kappa shape index (κ3) is 5.16. The number of nitriles is 1. The summed E-state index contributed by atoms with van der Waals surface area (Å²) in [4.78, 5) is 16.8. The number of amides is 1. The predicted molar refractivity (Wildman–Crippen MR) is 122 cm³/mol. The number of nitrogens with zero attached hydrogens (tertiary/aromatic N) is 4. The Morgan fingerprint density at radius 1 is 1.16 bits per heavy atom. The predicted octanol–water partition coefficient (Wildman–Crippen LogP) is 3.75. The molecule has 1 aromatic carbocycles. The third-order valence-electron chi connectivity index (χ3n) is 5.41. The summed E-state index contributed by atoms with van der Waals surface area (Å²) < 4.78 is 7.38. The molecule has 0 saturated heterocycles. The van der Waals surface area contributed by atoms with Crippen LogP contribution in [0.2, 0.25) is 0 Å². The van der Waals surface area contributed by atoms with Gasteiger partial charge in [0, 0.05) is 32.0 Å². The maximum atomic E-state index is 12.8. The molecule has 0 unspecified atom stereocenters. The SMILES string of the molecule is Cc1c(C#N)c(NC(=O)CN(C)Cc2ccc(N(C)C)cc2)n(Cc2ccco2)c1C. The zero-order valence-electron chi connectivity index (χ0n) is 18.8. The van der Waals surface area contributed by atoms with E-state index in [1.54, 1.807) is 6.26 Å². The smallest absolute Gasteiger partial charge is 0.239 e. The summed E-state index contributed by atoms with van der Waals surface area (Å²) in [6, 6.07) is 14.2. The lowest BCUT2D eigenvalue weighted by Crippen LogP contribution is -2.30. The van der Waals surface area contributed by atoms with Crippen LogP contribution in [0.4, 0.5) is 11.5 Å². The molecule has 3 aromatic rings. The third-order valence-corrected chi connectivity index (χ3v) is 5.41. The van der Waals surface area contributed by atoms with Gasteiger partial charge in [-0.1, -0.05) is 12.1 Å². The number of hydrogen-bond acceptors (Lipinski definition) is 5. The average Bonchev–Trinajstić information content (AvgIpc) is 3.31. The van der Waals surface area contributed by atoms with Crippen LogP contribution in [0.1, 0.15) is 28.1 Å². The van der Waals surface area contributed by atoms with Crippen molar-refractivity contribution in [1.29, 1.82) is 5.26 Å². The van der Waals surface area contributed by atoms with Crippen molar-refractivity contribution in [3.63, 3.8) is 0 Å². The number of hydrogen-bond donors (Lipinski definition) is 1. The van der Waals surface area contributed by atoms with Gasteiger partial charge in [-0.3, -0.25) is 9.69 Å². The molecule has 0 bridgehead atoms. The molecule has 0 saturated carbocycles. The van der Waals surface area contributed by atoms with Crippen LogP contribution in [-0.2, 0) is 17.9 Å². The van der Waals surface area contributed by atoms with E-state index in [2.05, 4.69) is 40.6 Å². The molecule has 1 N–H and O–H groups in total. The molecule has 0 radical (unpaired) electrons. The van der Waals surface area contributed by atoms with Gasteiger partial charge >= 0.3 is 0 Å². The number of carbonyl (C=O) groups is 1. The fourth-order valence-electron chi connectivity index (χ4n) is 3.57. The monoisotopic (exact) mass is 419 g/mol. The number of nitrogens with one attached hydrogen (secondary N) is 1. The van der Waals surface area contributed by atoms with Crippen LogP contribution in [0, 0.1) is 25.2 Å². The second-order valence-electron chi connectivity index (χ2n) is 7.99. The van der Waals surface area contributed by atoms with Gasteiger partial charge in [0.2, 0.25) is 5.91 Å². The molecule has 0 fully saturated rings. The Hall–Kier alpha value is -3.50. The van der Waals surface area contributed by atoms with Gasteiger partial charge in [0.05, 0.1) is 24.9 Å². The van der Waals surface area contributed by atoms with Crippen LogP contribution in [0.5, 0.6) is 0 Å². The van der Waals surface area contributed by atoms with E-state index in [1.165, 1.54) is 0 Å². The number of furan rings is 1. The van der Waals surface area contributed by atoms with Gasteiger partial charge in [-0.25, -0.2) is 0 Å². The Bertz CT molecular complexity index is 1070. The summed E-state index contributed by atoms with van der Waals surface area (Å²) >= 11 is 0. The molecule has 31 heavy (non-hydrogen) atoms. The summed E-state index contributed by atoms with van der Waals surface area (Å²) in [7, 11) is 5.92. The molecule has 0 aliphatic heterocycles. The van der Waals surface area contributed by atoms with Crippen molar-refractivity contribution in [3.8, 4) is 6.07 Å². The van der Waals surface area contributed by atoms with Crippen molar-refractivity contribution < 1.29 is 9.21 Å². The second kappa shape index (κ2) is 9.54. The lowest BCUT2D eigenvalue weighted by molar-refractivity contribution is -0.117. The molecule has 162 valence electrons. The van der Waals surface area contributed by atoms with Gasteiger partial charge in [0.1, 0.15) is 17.6 Å². The first-order valence-electron chi connectivity index (χ1n) is 10.2. The summed E-state index contributed by atoms with van der Waals surface area (Å²) in [5, 5.41) is 12.6. The molecule has 2 aromatic heterocycles. The average molecular weight is 420 g/mol. The van der Waals surface area contributed by atoms with Crippen molar-refractivity contribution in [2.24, 2.45) is 0 Å². The van der Waals surface area contributed by atoms with E-state index in [9.17, 15) is 10.1 Å². The minimum Gasteiger partial charge on any atom is -0.467 e. The molecule has 0 aliphatic rings. The summed E-state index contributed by atoms with van der Waals surface area (Å²) in [6.45, 7) is 5.15. The summed E-state index contributed by atoms with van der Waals surface area (Å²) in [6.07, 6.45) is 1.62. The van der Waals surface area contributed by atoms with Gasteiger partial charge in [-0.2, -0.15) is 5.26 Å². The maximum absolute atomic E-state index is 12.8. The lowest BCUT2D eigenvalue weighted by atomic mass is 10.2. The van der Waals surface area contributed by atoms with Crippen molar-refractivity contribution in [3.05, 3.63) is 70.8 Å². The first-order chi connectivity index (χ1) is 14.8. The van der Waals surface area contributed by atoms with E-state index < -0.39 is 0 Å². The van der Waals surface area contributed by atoms with E-state index in [0.29, 0.717) is 24.5 Å². The van der Waals surface area contributed by atoms with Crippen LogP contribution in [0.15, 0.2) is 47.1 Å². The Morgan fingerprint density at radius 2 is 1.87 bits per heavy atom. The number of benzene rings is 1. The molecule has 7 nitrogen and oxygen atoms in total. The number of anilines is 2. The highest BCUT2D eigenvalue weighted by molar-refractivity contribution is 5.93. The largest absolute Gasteiger partial charge is 0.467 e. The van der Waals surface area contributed by atoms with Gasteiger partial charge in [0.25, 0.3) is 0 Å². The first-order valence-corrected chi connectivity index (χ1v) is 10.2. The van der Waals surface area contributed by atoms with Gasteiger partial charge in [-0.15, -0.1) is 0 Å². The Morgan fingerprint density at radius 3 is 2.45 bits per heavy atom. The highest BCUT2D eigenvalue weighted by Crippen LogP contribution is 2.27. The number of rotatable bonds is 8. The summed E-state index contributed by atoms with van der Waals surface area (Å²) in [5.41, 5.74) is 4.54. The van der Waals surface area contributed by atoms with Crippen molar-refractivity contribution in [2.75, 3.05) is 37.9 Å². The zero-order chi connectivity index (χ0) is 22.5. The molecular formula is C24H29N5O2. The van der Waals surface area contributed by atoms with Gasteiger partial charge in [-0.05, 0) is 56.3 Å². The molecular weight excluding hydrogens is 390 g/mol. The number of aromatic nitrogens is 1. The Kier molecular flexibility index (Phi) is 6.83. The fraction of sp³-hybridized carbons (Fsp3) is 0.333. The first kappa shape index (κ1) is 22.2. The van der Waals surface area contributed by atoms with Crippen LogP contribution < -0.4 is 10.2 Å². The molecule has 0 aliphatic carbocycles. The van der Waals surface area contributed by atoms with Gasteiger partial charge < -0.3 is 19.2 Å². The minimum absolute atomic E-state index is 0.165. The van der Waals surface area contributed by atoms with Crippen LogP contribution in [0.25, 0.3) is 0 Å². The highest BCUT2D eigenvalue weighted by Gasteiger charge is 2.21. The maximum Gasteiger partial charge on any atom is 0.239 e. The van der Waals surface area contributed by atoms with E-state index in [0.717, 1.165) is 28.3 Å². The summed E-state index contributed by atoms with van der Waals surface area (Å²) in [5.74, 6) is 1.11. The second-order valence-corrected chi connectivity index (χ2v) is 7.99. The lowest BCUT2D eigenvalue weighted by Gasteiger charge is -2.18. The quantitative estimate of drug-likeness (QED) is 0.602. The van der Waals surface area contributed by atoms with Gasteiger partial charge in [0.15, 0.2) is 0 Å². The minimum atomic E-state index is -0.165. The normalized spacial score (nSPS) is 10.9. The topological polar surface area (TPSA) is 77.4 Å². The van der Waals surface area contributed by atoms with Crippen LogP contribution in [0.3, 0.4) is 0 Å². The van der Waals surface area contributed by atoms with Crippen molar-refractivity contribution >= 4 is 17.4 Å². The molecule has 0 atom stereocenters. The zero-order valence-corrected chi connectivity index (χ0v) is 18.8. The van der Waals surface area contributed by atoms with Crippen molar-refractivity contribution in [2.45, 2.75) is 26.9 Å². The van der Waals surface area contributed by atoms with E-state index in [-0.39, 0.29) is 12.5 Å². The molecule has 1 amide bonds. The number of carbonyl (C=O) groups excluding carboxylic acids is 1. The highest BCUT2D eigenvalue weighted by atomic mass is 16.3. The standard InChI is InChI=1S/C24H29N5O2/c1-17-18(2)29(15-21-7-6-12-31-21)24(22(17)13-25)26-23(30)16-28(5)14-19-8-10-20(11-9-19)27(3)4/h6-12H,14-16H2,1-5H3,(H,26,30). The van der Waals surface area contributed by atoms with E-state index in [1.807, 2.05) is 56.6 Å². The fourth-order valence-corrected chi connectivity index (χ4v) is 3.57. The number of likely N-dealkylation sites (N-methyl/N-ethyl adjacent to an activating group) is 1. The molecule has 7 heteroatoms. The van der Waals surface area contributed by atoms with E-state index in [4.69, 9.17) is 4.42 Å². The van der Waals surface area contributed by atoms with E-state index >= 15 is 0 Å².